The van der Waals surface area contributed by atoms with Gasteiger partial charge in [0.05, 0.1) is 6.54 Å². The Kier molecular flexibility index (Phi) is 13.3. The summed E-state index contributed by atoms with van der Waals surface area (Å²) in [5, 5.41) is 2.49. The summed E-state index contributed by atoms with van der Waals surface area (Å²) >= 11 is 0. The maximum atomic E-state index is 12.0. The van der Waals surface area contributed by atoms with Crippen molar-refractivity contribution in [1.82, 2.24) is 5.32 Å². The van der Waals surface area contributed by atoms with E-state index in [2.05, 4.69) is 12.2 Å². The predicted octanol–water partition coefficient (Wildman–Crippen LogP) is 6.09. The minimum Gasteiger partial charge on any atom is -0.308 e. The van der Waals surface area contributed by atoms with Gasteiger partial charge >= 0.3 is 6.18 Å². The topological polar surface area (TPSA) is 12.0 Å². The minimum absolute atomic E-state index is 0.335. The number of halogens is 3. The van der Waals surface area contributed by atoms with Gasteiger partial charge in [0.2, 0.25) is 0 Å². The number of nitrogens with one attached hydrogen (secondary N) is 1. The van der Waals surface area contributed by atoms with Gasteiger partial charge < -0.3 is 5.32 Å². The normalized spacial score (nSPS) is 13.6. The van der Waals surface area contributed by atoms with Crippen molar-refractivity contribution < 1.29 is 13.2 Å². The van der Waals surface area contributed by atoms with E-state index in [-0.39, 0.29) is 0 Å². The summed E-state index contributed by atoms with van der Waals surface area (Å²) in [4.78, 5) is 0. The SMILES string of the molecule is CCCCCCCCCCCCC(C)CNCC(F)(F)F. The van der Waals surface area contributed by atoms with E-state index in [4.69, 9.17) is 0 Å². The highest BCUT2D eigenvalue weighted by molar-refractivity contribution is 4.61. The molecule has 0 heterocycles. The highest BCUT2D eigenvalue weighted by Gasteiger charge is 2.26. The van der Waals surface area contributed by atoms with Crippen LogP contribution in [0.3, 0.4) is 0 Å². The molecular weight excluding hydrogens is 275 g/mol. The van der Waals surface area contributed by atoms with E-state index in [1.807, 2.05) is 6.92 Å². The first-order valence-corrected chi connectivity index (χ1v) is 8.73. The summed E-state index contributed by atoms with van der Waals surface area (Å²) in [5.74, 6) is 0.335. The van der Waals surface area contributed by atoms with Gasteiger partial charge in [-0.3, -0.25) is 0 Å². The number of unbranched alkanes of at least 4 members (excludes halogenated alkanes) is 9. The molecule has 0 aromatic heterocycles. The molecule has 0 bridgehead atoms. The van der Waals surface area contributed by atoms with Crippen LogP contribution in [0.2, 0.25) is 0 Å². The molecular formula is C17H34F3N. The van der Waals surface area contributed by atoms with Crippen LogP contribution in [0.4, 0.5) is 13.2 Å². The van der Waals surface area contributed by atoms with Gasteiger partial charge in [0.25, 0.3) is 0 Å². The number of hydrogen-bond acceptors (Lipinski definition) is 1. The van der Waals surface area contributed by atoms with Crippen molar-refractivity contribution in [3.8, 4) is 0 Å². The molecule has 1 atom stereocenters. The van der Waals surface area contributed by atoms with E-state index < -0.39 is 12.7 Å². The molecule has 0 aliphatic heterocycles. The van der Waals surface area contributed by atoms with Crippen LogP contribution in [0.25, 0.3) is 0 Å². The van der Waals surface area contributed by atoms with Crippen LogP contribution in [0, 0.1) is 5.92 Å². The molecule has 1 N–H and O–H groups in total. The molecule has 0 aliphatic rings. The Balaban J connectivity index is 3.20. The molecule has 0 saturated carbocycles. The lowest BCUT2D eigenvalue weighted by Crippen LogP contribution is -2.31. The lowest BCUT2D eigenvalue weighted by atomic mass is 10.0. The zero-order valence-corrected chi connectivity index (χ0v) is 13.9. The van der Waals surface area contributed by atoms with E-state index in [1.165, 1.54) is 57.8 Å². The molecule has 0 radical (unpaired) electrons. The summed E-state index contributed by atoms with van der Waals surface area (Å²) in [6, 6.07) is 0. The van der Waals surface area contributed by atoms with Crippen LogP contribution in [0.1, 0.15) is 84.5 Å². The second-order valence-corrected chi connectivity index (χ2v) is 6.32. The van der Waals surface area contributed by atoms with E-state index in [0.29, 0.717) is 12.5 Å². The molecule has 0 saturated heterocycles. The molecule has 0 aliphatic carbocycles. The Morgan fingerprint density at radius 2 is 1.29 bits per heavy atom. The van der Waals surface area contributed by atoms with Crippen molar-refractivity contribution in [1.29, 1.82) is 0 Å². The lowest BCUT2D eigenvalue weighted by Gasteiger charge is -2.13. The van der Waals surface area contributed by atoms with Crippen LogP contribution in [0.15, 0.2) is 0 Å². The highest BCUT2D eigenvalue weighted by atomic mass is 19.4. The molecule has 1 nitrogen and oxygen atoms in total. The standard InChI is InChI=1S/C17H34F3N/c1-3-4-5-6-7-8-9-10-11-12-13-16(2)14-21-15-17(18,19)20/h16,21H,3-15H2,1-2H3. The lowest BCUT2D eigenvalue weighted by molar-refractivity contribution is -0.125. The molecule has 0 fully saturated rings. The second kappa shape index (κ2) is 13.4. The van der Waals surface area contributed by atoms with Crippen molar-refractivity contribution in [2.75, 3.05) is 13.1 Å². The quantitative estimate of drug-likeness (QED) is 0.383. The number of rotatable bonds is 14. The van der Waals surface area contributed by atoms with E-state index in [9.17, 15) is 13.2 Å². The fourth-order valence-electron chi connectivity index (χ4n) is 2.54. The van der Waals surface area contributed by atoms with Crippen LogP contribution in [0.5, 0.6) is 0 Å². The zero-order chi connectivity index (χ0) is 16.0. The van der Waals surface area contributed by atoms with E-state index >= 15 is 0 Å². The van der Waals surface area contributed by atoms with Crippen LogP contribution >= 0.6 is 0 Å². The highest BCUT2D eigenvalue weighted by Crippen LogP contribution is 2.15. The molecule has 0 spiro atoms. The minimum atomic E-state index is -4.09. The number of hydrogen-bond donors (Lipinski definition) is 1. The average molecular weight is 309 g/mol. The van der Waals surface area contributed by atoms with Crippen molar-refractivity contribution in [2.45, 2.75) is 90.7 Å². The second-order valence-electron chi connectivity index (χ2n) is 6.32. The molecule has 1 unspecified atom stereocenters. The Labute approximate surface area is 129 Å². The molecule has 0 amide bonds. The largest absolute Gasteiger partial charge is 0.401 e. The molecule has 0 rings (SSSR count). The van der Waals surface area contributed by atoms with Crippen molar-refractivity contribution in [3.05, 3.63) is 0 Å². The first-order valence-electron chi connectivity index (χ1n) is 8.73. The molecule has 0 aromatic rings. The van der Waals surface area contributed by atoms with Crippen LogP contribution in [-0.2, 0) is 0 Å². The fourth-order valence-corrected chi connectivity index (χ4v) is 2.54. The third-order valence-corrected chi connectivity index (χ3v) is 3.87. The third-order valence-electron chi connectivity index (χ3n) is 3.87. The first kappa shape index (κ1) is 20.8. The zero-order valence-electron chi connectivity index (χ0n) is 13.9. The molecule has 128 valence electrons. The summed E-state index contributed by atoms with van der Waals surface area (Å²) in [7, 11) is 0. The Morgan fingerprint density at radius 1 is 0.810 bits per heavy atom. The summed E-state index contributed by atoms with van der Waals surface area (Å²) in [5.41, 5.74) is 0. The van der Waals surface area contributed by atoms with Crippen molar-refractivity contribution >= 4 is 0 Å². The van der Waals surface area contributed by atoms with Gasteiger partial charge in [0.15, 0.2) is 0 Å². The van der Waals surface area contributed by atoms with Crippen LogP contribution < -0.4 is 5.32 Å². The Bertz CT molecular complexity index is 217. The summed E-state index contributed by atoms with van der Waals surface area (Å²) in [6.07, 6.45) is 10.00. The maximum Gasteiger partial charge on any atom is 0.401 e. The monoisotopic (exact) mass is 309 g/mol. The van der Waals surface area contributed by atoms with Gasteiger partial charge in [-0.15, -0.1) is 0 Å². The Hall–Kier alpha value is -0.250. The molecule has 21 heavy (non-hydrogen) atoms. The van der Waals surface area contributed by atoms with Crippen molar-refractivity contribution in [2.24, 2.45) is 5.92 Å². The molecule has 4 heteroatoms. The van der Waals surface area contributed by atoms with Crippen molar-refractivity contribution in [3.63, 3.8) is 0 Å². The van der Waals surface area contributed by atoms with Gasteiger partial charge in [0.1, 0.15) is 0 Å². The third kappa shape index (κ3) is 17.7. The smallest absolute Gasteiger partial charge is 0.308 e. The average Bonchev–Trinajstić information content (AvgIpc) is 2.39. The van der Waals surface area contributed by atoms with Gasteiger partial charge in [0, 0.05) is 0 Å². The van der Waals surface area contributed by atoms with Gasteiger partial charge in [-0.05, 0) is 18.9 Å². The predicted molar refractivity (Wildman–Crippen MR) is 84.5 cm³/mol. The molecule has 0 aromatic carbocycles. The van der Waals surface area contributed by atoms with Gasteiger partial charge in [-0.25, -0.2) is 0 Å². The first-order chi connectivity index (χ1) is 9.95. The summed E-state index contributed by atoms with van der Waals surface area (Å²) in [6.45, 7) is 3.86. The van der Waals surface area contributed by atoms with Gasteiger partial charge in [-0.2, -0.15) is 13.2 Å². The van der Waals surface area contributed by atoms with E-state index in [1.54, 1.807) is 0 Å². The number of alkyl halides is 3. The Morgan fingerprint density at radius 3 is 1.76 bits per heavy atom. The summed E-state index contributed by atoms with van der Waals surface area (Å²) < 4.78 is 35.9. The maximum absolute atomic E-state index is 12.0. The van der Waals surface area contributed by atoms with Crippen LogP contribution in [-0.4, -0.2) is 19.3 Å². The van der Waals surface area contributed by atoms with E-state index in [0.717, 1.165) is 12.8 Å². The van der Waals surface area contributed by atoms with Gasteiger partial charge in [-0.1, -0.05) is 78.1 Å². The fraction of sp³-hybridized carbons (Fsp3) is 1.00.